The number of ether oxygens (including phenoxy) is 1. The van der Waals surface area contributed by atoms with Crippen molar-refractivity contribution in [1.29, 1.82) is 0 Å². The SMILES string of the molecule is C1CCC(/N=C2/OCCN2C2CCCCC2)CC1.O=C(O)C(=O)O. The summed E-state index contributed by atoms with van der Waals surface area (Å²) in [4.78, 5) is 25.6. The maximum absolute atomic E-state index is 9.10. The third kappa shape index (κ3) is 5.69. The second-order valence-electron chi connectivity index (χ2n) is 6.65. The molecule has 2 saturated carbocycles. The molecule has 7 heteroatoms. The number of carboxylic acids is 2. The molecule has 0 amide bonds. The lowest BCUT2D eigenvalue weighted by Gasteiger charge is -2.31. The van der Waals surface area contributed by atoms with E-state index >= 15 is 0 Å². The van der Waals surface area contributed by atoms with Crippen molar-refractivity contribution in [3.05, 3.63) is 0 Å². The Morgan fingerprint density at radius 1 is 0.917 bits per heavy atom. The highest BCUT2D eigenvalue weighted by atomic mass is 16.5. The summed E-state index contributed by atoms with van der Waals surface area (Å²) in [5.74, 6) is -3.65. The Balaban J connectivity index is 0.000000301. The summed E-state index contributed by atoms with van der Waals surface area (Å²) in [6, 6.07) is 2.23. The van der Waals surface area contributed by atoms with E-state index in [0.717, 1.165) is 19.2 Å². The van der Waals surface area contributed by atoms with Crippen LogP contribution in [0.2, 0.25) is 0 Å². The van der Waals surface area contributed by atoms with E-state index in [-0.39, 0.29) is 0 Å². The zero-order valence-electron chi connectivity index (χ0n) is 14.2. The second kappa shape index (κ2) is 9.49. The minimum absolute atomic E-state index is 0.540. The first-order valence-electron chi connectivity index (χ1n) is 9.01. The van der Waals surface area contributed by atoms with Gasteiger partial charge in [0.05, 0.1) is 12.6 Å². The van der Waals surface area contributed by atoms with Gasteiger partial charge in [0.25, 0.3) is 6.02 Å². The van der Waals surface area contributed by atoms with Crippen molar-refractivity contribution in [2.75, 3.05) is 13.2 Å². The van der Waals surface area contributed by atoms with Crippen LogP contribution in [-0.2, 0) is 14.3 Å². The van der Waals surface area contributed by atoms with Crippen LogP contribution >= 0.6 is 0 Å². The lowest BCUT2D eigenvalue weighted by Crippen LogP contribution is -2.38. The van der Waals surface area contributed by atoms with E-state index < -0.39 is 11.9 Å². The van der Waals surface area contributed by atoms with Crippen LogP contribution in [0.1, 0.15) is 64.2 Å². The van der Waals surface area contributed by atoms with Gasteiger partial charge in [0.1, 0.15) is 6.61 Å². The van der Waals surface area contributed by atoms with Crippen molar-refractivity contribution in [3.8, 4) is 0 Å². The summed E-state index contributed by atoms with van der Waals surface area (Å²) in [7, 11) is 0. The summed E-state index contributed by atoms with van der Waals surface area (Å²) in [5, 5.41) is 14.8. The molecule has 0 spiro atoms. The molecular weight excluding hydrogens is 312 g/mol. The number of carboxylic acid groups (broad SMARTS) is 2. The van der Waals surface area contributed by atoms with Gasteiger partial charge in [0, 0.05) is 6.04 Å². The molecule has 0 unspecified atom stereocenters. The average Bonchev–Trinajstić information content (AvgIpc) is 3.05. The Morgan fingerprint density at radius 2 is 1.46 bits per heavy atom. The fourth-order valence-electron chi connectivity index (χ4n) is 3.62. The van der Waals surface area contributed by atoms with E-state index in [0.29, 0.717) is 12.1 Å². The van der Waals surface area contributed by atoms with Crippen molar-refractivity contribution < 1.29 is 24.5 Å². The Kier molecular flexibility index (Phi) is 7.34. The van der Waals surface area contributed by atoms with Crippen LogP contribution in [0, 0.1) is 0 Å². The molecule has 3 rings (SSSR count). The van der Waals surface area contributed by atoms with Crippen LogP contribution in [0.15, 0.2) is 4.99 Å². The number of amidine groups is 1. The predicted octanol–water partition coefficient (Wildman–Crippen LogP) is 2.50. The number of carbonyl (C=O) groups is 2. The molecule has 0 atom stereocenters. The van der Waals surface area contributed by atoms with E-state index in [1.807, 2.05) is 0 Å². The first-order valence-corrected chi connectivity index (χ1v) is 9.01. The summed E-state index contributed by atoms with van der Waals surface area (Å²) in [6.45, 7) is 1.91. The molecule has 1 saturated heterocycles. The van der Waals surface area contributed by atoms with Crippen LogP contribution < -0.4 is 0 Å². The Morgan fingerprint density at radius 3 is 2.00 bits per heavy atom. The van der Waals surface area contributed by atoms with Crippen molar-refractivity contribution in [1.82, 2.24) is 4.90 Å². The smallest absolute Gasteiger partial charge is 0.414 e. The molecule has 2 N–H and O–H groups in total. The van der Waals surface area contributed by atoms with E-state index in [1.54, 1.807) is 0 Å². The third-order valence-corrected chi connectivity index (χ3v) is 4.88. The highest BCUT2D eigenvalue weighted by molar-refractivity contribution is 6.27. The van der Waals surface area contributed by atoms with Gasteiger partial charge in [-0.05, 0) is 25.7 Å². The highest BCUT2D eigenvalue weighted by Gasteiger charge is 2.30. The normalized spacial score (nSPS) is 24.2. The molecule has 1 aliphatic heterocycles. The lowest BCUT2D eigenvalue weighted by atomic mass is 9.94. The number of hydrogen-bond donors (Lipinski definition) is 2. The molecule has 0 aromatic rings. The Bertz CT molecular complexity index is 442. The van der Waals surface area contributed by atoms with Crippen LogP contribution in [0.25, 0.3) is 0 Å². The first-order chi connectivity index (χ1) is 11.6. The fourth-order valence-corrected chi connectivity index (χ4v) is 3.62. The maximum Gasteiger partial charge on any atom is 0.414 e. The van der Waals surface area contributed by atoms with E-state index in [1.165, 1.54) is 64.2 Å². The van der Waals surface area contributed by atoms with E-state index in [2.05, 4.69) is 4.90 Å². The second-order valence-corrected chi connectivity index (χ2v) is 6.65. The minimum atomic E-state index is -1.82. The summed E-state index contributed by atoms with van der Waals surface area (Å²) in [5.41, 5.74) is 0. The van der Waals surface area contributed by atoms with E-state index in [4.69, 9.17) is 29.5 Å². The van der Waals surface area contributed by atoms with Crippen molar-refractivity contribution in [3.63, 3.8) is 0 Å². The summed E-state index contributed by atoms with van der Waals surface area (Å²) < 4.78 is 5.80. The fraction of sp³-hybridized carbons (Fsp3) is 0.824. The van der Waals surface area contributed by atoms with Crippen LogP contribution in [-0.4, -0.2) is 58.3 Å². The maximum atomic E-state index is 9.10. The number of aliphatic carboxylic acids is 2. The van der Waals surface area contributed by atoms with Gasteiger partial charge in [0.15, 0.2) is 0 Å². The Hall–Kier alpha value is -1.79. The number of rotatable bonds is 2. The van der Waals surface area contributed by atoms with Gasteiger partial charge in [-0.2, -0.15) is 0 Å². The van der Waals surface area contributed by atoms with Crippen LogP contribution in [0.5, 0.6) is 0 Å². The van der Waals surface area contributed by atoms with Gasteiger partial charge in [-0.1, -0.05) is 38.5 Å². The van der Waals surface area contributed by atoms with Crippen molar-refractivity contribution in [2.24, 2.45) is 4.99 Å². The van der Waals surface area contributed by atoms with Gasteiger partial charge in [-0.3, -0.25) is 0 Å². The van der Waals surface area contributed by atoms with Gasteiger partial charge in [0.2, 0.25) is 0 Å². The molecule has 0 aromatic heterocycles. The molecular formula is C17H28N2O5. The molecule has 7 nitrogen and oxygen atoms in total. The average molecular weight is 340 g/mol. The van der Waals surface area contributed by atoms with Crippen LogP contribution in [0.4, 0.5) is 0 Å². The standard InChI is InChI=1S/C15H26N2O.C2H2O4/c1-3-7-13(8-4-1)16-15-17(11-12-18-15)14-9-5-2-6-10-14;3-1(4)2(5)6/h13-14H,1-12H2;(H,3,4)(H,5,6)/b16-15+;. The quantitative estimate of drug-likeness (QED) is 0.749. The number of hydrogen-bond acceptors (Lipinski definition) is 4. The van der Waals surface area contributed by atoms with Gasteiger partial charge >= 0.3 is 11.9 Å². The molecule has 1 heterocycles. The predicted molar refractivity (Wildman–Crippen MR) is 89.1 cm³/mol. The molecule has 0 aromatic carbocycles. The molecule has 3 fully saturated rings. The highest BCUT2D eigenvalue weighted by Crippen LogP contribution is 2.26. The largest absolute Gasteiger partial charge is 0.473 e. The third-order valence-electron chi connectivity index (χ3n) is 4.88. The first kappa shape index (κ1) is 18.5. The molecule has 136 valence electrons. The number of nitrogens with zero attached hydrogens (tertiary/aromatic N) is 2. The minimum Gasteiger partial charge on any atom is -0.473 e. The summed E-state index contributed by atoms with van der Waals surface area (Å²) in [6.07, 6.45) is 13.5. The van der Waals surface area contributed by atoms with Crippen molar-refractivity contribution in [2.45, 2.75) is 76.3 Å². The van der Waals surface area contributed by atoms with Crippen molar-refractivity contribution >= 4 is 18.0 Å². The lowest BCUT2D eigenvalue weighted by molar-refractivity contribution is -0.159. The number of aliphatic imine (C=N–C) groups is 1. The Labute approximate surface area is 142 Å². The van der Waals surface area contributed by atoms with Gasteiger partial charge in [-0.25, -0.2) is 14.6 Å². The zero-order valence-corrected chi connectivity index (χ0v) is 14.2. The zero-order chi connectivity index (χ0) is 17.4. The monoisotopic (exact) mass is 340 g/mol. The topological polar surface area (TPSA) is 99.4 Å². The molecule has 3 aliphatic rings. The molecule has 0 radical (unpaired) electrons. The molecule has 24 heavy (non-hydrogen) atoms. The molecule has 2 aliphatic carbocycles. The summed E-state index contributed by atoms with van der Waals surface area (Å²) >= 11 is 0. The van der Waals surface area contributed by atoms with Gasteiger partial charge in [-0.15, -0.1) is 0 Å². The van der Waals surface area contributed by atoms with Crippen LogP contribution in [0.3, 0.4) is 0 Å². The molecule has 0 bridgehead atoms. The van der Waals surface area contributed by atoms with E-state index in [9.17, 15) is 0 Å². The van der Waals surface area contributed by atoms with Gasteiger partial charge < -0.3 is 19.8 Å².